The average molecular weight is 265 g/mol. The smallest absolute Gasteiger partial charge is 0.273 e. The van der Waals surface area contributed by atoms with Gasteiger partial charge in [-0.2, -0.15) is 21.6 Å². The van der Waals surface area contributed by atoms with Crippen LogP contribution in [0.15, 0.2) is 36.5 Å². The van der Waals surface area contributed by atoms with E-state index in [4.69, 9.17) is 0 Å². The number of sulfonamides is 1. The number of halogens is 3. The molecule has 0 saturated heterocycles. The maximum Gasteiger partial charge on any atom is 0.516 e. The van der Waals surface area contributed by atoms with E-state index >= 15 is 0 Å². The minimum Gasteiger partial charge on any atom is -0.273 e. The van der Waals surface area contributed by atoms with Crippen molar-refractivity contribution in [1.82, 2.24) is 4.31 Å². The van der Waals surface area contributed by atoms with Crippen molar-refractivity contribution < 1.29 is 21.6 Å². The summed E-state index contributed by atoms with van der Waals surface area (Å²) in [7, 11) is -4.46. The summed E-state index contributed by atoms with van der Waals surface area (Å²) in [6.45, 7) is 0. The Labute approximate surface area is 97.2 Å². The topological polar surface area (TPSA) is 37.4 Å². The van der Waals surface area contributed by atoms with Gasteiger partial charge in [-0.05, 0) is 11.6 Å². The molecule has 0 aliphatic rings. The number of hydrogen-bond donors (Lipinski definition) is 0. The van der Waals surface area contributed by atoms with E-state index in [2.05, 4.69) is 0 Å². The highest BCUT2D eigenvalue weighted by Crippen LogP contribution is 2.26. The van der Waals surface area contributed by atoms with Crippen molar-refractivity contribution in [3.8, 4) is 0 Å². The minimum atomic E-state index is -5.30. The molecular formula is C10H10F3NO2S. The van der Waals surface area contributed by atoms with E-state index in [0.717, 1.165) is 13.2 Å². The fourth-order valence-corrected chi connectivity index (χ4v) is 1.55. The van der Waals surface area contributed by atoms with E-state index in [0.29, 0.717) is 5.56 Å². The molecule has 0 amide bonds. The predicted molar refractivity (Wildman–Crippen MR) is 58.2 cm³/mol. The normalized spacial score (nSPS) is 12.9. The van der Waals surface area contributed by atoms with Gasteiger partial charge in [-0.3, -0.25) is 4.31 Å². The Morgan fingerprint density at radius 2 is 1.71 bits per heavy atom. The first-order valence-corrected chi connectivity index (χ1v) is 5.97. The SMILES string of the molecule is CN(/C=C/c1ccccc1)S(=O)(=O)C(F)(F)F. The summed E-state index contributed by atoms with van der Waals surface area (Å²) in [5, 5.41) is 0. The summed E-state index contributed by atoms with van der Waals surface area (Å²) in [5.41, 5.74) is -4.68. The largest absolute Gasteiger partial charge is 0.516 e. The van der Waals surface area contributed by atoms with Crippen LogP contribution in [0, 0.1) is 0 Å². The predicted octanol–water partition coefficient (Wildman–Crippen LogP) is 2.44. The first-order valence-electron chi connectivity index (χ1n) is 4.53. The molecule has 1 aromatic carbocycles. The van der Waals surface area contributed by atoms with Crippen LogP contribution in [0.5, 0.6) is 0 Å². The van der Waals surface area contributed by atoms with E-state index in [-0.39, 0.29) is 4.31 Å². The number of alkyl halides is 3. The van der Waals surface area contributed by atoms with E-state index < -0.39 is 15.5 Å². The second kappa shape index (κ2) is 4.79. The molecule has 0 aromatic heterocycles. The Morgan fingerprint density at radius 1 is 1.18 bits per heavy atom. The van der Waals surface area contributed by atoms with Gasteiger partial charge in [-0.15, -0.1) is 0 Å². The van der Waals surface area contributed by atoms with Gasteiger partial charge in [0.05, 0.1) is 0 Å². The van der Waals surface area contributed by atoms with Crippen molar-refractivity contribution in [3.63, 3.8) is 0 Å². The molecule has 0 radical (unpaired) electrons. The highest BCUT2D eigenvalue weighted by molar-refractivity contribution is 7.90. The Kier molecular flexibility index (Phi) is 3.82. The molecule has 17 heavy (non-hydrogen) atoms. The summed E-state index contributed by atoms with van der Waals surface area (Å²) in [6.07, 6.45) is 2.14. The van der Waals surface area contributed by atoms with Gasteiger partial charge >= 0.3 is 15.5 Å². The highest BCUT2D eigenvalue weighted by Gasteiger charge is 2.48. The molecule has 1 rings (SSSR count). The van der Waals surface area contributed by atoms with Crippen molar-refractivity contribution >= 4 is 16.1 Å². The van der Waals surface area contributed by atoms with Crippen LogP contribution in [-0.4, -0.2) is 25.3 Å². The van der Waals surface area contributed by atoms with E-state index in [1.165, 1.54) is 6.08 Å². The first-order chi connectivity index (χ1) is 7.75. The quantitative estimate of drug-likeness (QED) is 0.841. The van der Waals surface area contributed by atoms with Crippen LogP contribution in [-0.2, 0) is 10.0 Å². The van der Waals surface area contributed by atoms with Crippen LogP contribution >= 0.6 is 0 Å². The highest BCUT2D eigenvalue weighted by atomic mass is 32.2. The van der Waals surface area contributed by atoms with Crippen molar-refractivity contribution in [2.45, 2.75) is 5.51 Å². The molecular weight excluding hydrogens is 255 g/mol. The Hall–Kier alpha value is -1.50. The van der Waals surface area contributed by atoms with Crippen LogP contribution < -0.4 is 0 Å². The van der Waals surface area contributed by atoms with Crippen molar-refractivity contribution in [1.29, 1.82) is 0 Å². The third-order valence-electron chi connectivity index (χ3n) is 1.95. The summed E-state index contributed by atoms with van der Waals surface area (Å²) < 4.78 is 58.4. The Morgan fingerprint density at radius 3 is 2.18 bits per heavy atom. The van der Waals surface area contributed by atoms with Gasteiger partial charge in [0.25, 0.3) is 0 Å². The molecule has 0 atom stereocenters. The van der Waals surface area contributed by atoms with Gasteiger partial charge in [0.1, 0.15) is 0 Å². The molecule has 0 N–H and O–H groups in total. The number of rotatable bonds is 3. The van der Waals surface area contributed by atoms with Crippen LogP contribution in [0.3, 0.4) is 0 Å². The Balaban J connectivity index is 2.88. The lowest BCUT2D eigenvalue weighted by molar-refractivity contribution is -0.0472. The van der Waals surface area contributed by atoms with E-state index in [1.807, 2.05) is 0 Å². The zero-order valence-corrected chi connectivity index (χ0v) is 9.66. The number of benzene rings is 1. The fourth-order valence-electron chi connectivity index (χ4n) is 0.999. The van der Waals surface area contributed by atoms with Gasteiger partial charge in [-0.25, -0.2) is 0 Å². The summed E-state index contributed by atoms with van der Waals surface area (Å²) in [4.78, 5) is 0. The number of hydrogen-bond acceptors (Lipinski definition) is 2. The summed E-state index contributed by atoms with van der Waals surface area (Å²) >= 11 is 0. The summed E-state index contributed by atoms with van der Waals surface area (Å²) in [6, 6.07) is 8.42. The minimum absolute atomic E-state index is 0.139. The molecule has 0 spiro atoms. The first kappa shape index (κ1) is 13.6. The molecule has 7 heteroatoms. The van der Waals surface area contributed by atoms with E-state index in [1.54, 1.807) is 30.3 Å². The lowest BCUT2D eigenvalue weighted by atomic mass is 10.2. The molecule has 0 unspecified atom stereocenters. The van der Waals surface area contributed by atoms with E-state index in [9.17, 15) is 21.6 Å². The zero-order valence-electron chi connectivity index (χ0n) is 8.85. The van der Waals surface area contributed by atoms with Gasteiger partial charge in [0.2, 0.25) is 0 Å². The molecule has 94 valence electrons. The molecule has 0 bridgehead atoms. The average Bonchev–Trinajstić information content (AvgIpc) is 2.25. The molecule has 0 fully saturated rings. The third kappa shape index (κ3) is 3.23. The van der Waals surface area contributed by atoms with Crippen LogP contribution in [0.25, 0.3) is 6.08 Å². The Bertz CT molecular complexity index is 494. The monoisotopic (exact) mass is 265 g/mol. The van der Waals surface area contributed by atoms with Crippen LogP contribution in [0.1, 0.15) is 5.56 Å². The second-order valence-electron chi connectivity index (χ2n) is 3.19. The molecule has 1 aromatic rings. The zero-order chi connectivity index (χ0) is 13.1. The lowest BCUT2D eigenvalue weighted by Crippen LogP contribution is -2.34. The van der Waals surface area contributed by atoms with Crippen molar-refractivity contribution in [2.75, 3.05) is 7.05 Å². The van der Waals surface area contributed by atoms with Crippen LogP contribution in [0.4, 0.5) is 13.2 Å². The van der Waals surface area contributed by atoms with Gasteiger partial charge in [-0.1, -0.05) is 30.3 Å². The fraction of sp³-hybridized carbons (Fsp3) is 0.200. The maximum atomic E-state index is 12.1. The van der Waals surface area contributed by atoms with Crippen molar-refractivity contribution in [2.24, 2.45) is 0 Å². The molecule has 0 aliphatic heterocycles. The van der Waals surface area contributed by atoms with Crippen molar-refractivity contribution in [3.05, 3.63) is 42.1 Å². The van der Waals surface area contributed by atoms with Crippen LogP contribution in [0.2, 0.25) is 0 Å². The number of nitrogens with zero attached hydrogens (tertiary/aromatic N) is 1. The maximum absolute atomic E-state index is 12.1. The lowest BCUT2D eigenvalue weighted by Gasteiger charge is -2.16. The van der Waals surface area contributed by atoms with Gasteiger partial charge < -0.3 is 0 Å². The van der Waals surface area contributed by atoms with Gasteiger partial charge in [0, 0.05) is 13.2 Å². The van der Waals surface area contributed by atoms with Gasteiger partial charge in [0.15, 0.2) is 0 Å². The molecule has 0 heterocycles. The summed E-state index contributed by atoms with van der Waals surface area (Å²) in [5.74, 6) is 0. The molecule has 0 aliphatic carbocycles. The third-order valence-corrected chi connectivity index (χ3v) is 3.41. The molecule has 3 nitrogen and oxygen atoms in total. The second-order valence-corrected chi connectivity index (χ2v) is 5.18. The molecule has 0 saturated carbocycles. The standard InChI is InChI=1S/C10H10F3NO2S/c1-14(17(15,16)10(11,12)13)8-7-9-5-3-2-4-6-9/h2-8H,1H3/b8-7+.